The first-order valence-corrected chi connectivity index (χ1v) is 5.38. The molecular formula is C6H10F2N4O2S. The summed E-state index contributed by atoms with van der Waals surface area (Å²) in [4.78, 5) is -0.300. The van der Waals surface area contributed by atoms with Gasteiger partial charge in [0.05, 0.1) is 6.54 Å². The Bertz CT molecular complexity index is 442. The first-order valence-electron chi connectivity index (χ1n) is 3.90. The van der Waals surface area contributed by atoms with Gasteiger partial charge < -0.3 is 5.73 Å². The lowest BCUT2D eigenvalue weighted by Gasteiger charge is -2.03. The SMILES string of the molecule is Cn1cc(S(=O)(=O)NCC(F)F)c(N)n1. The topological polar surface area (TPSA) is 90.0 Å². The van der Waals surface area contributed by atoms with Gasteiger partial charge in [0.2, 0.25) is 10.0 Å². The van der Waals surface area contributed by atoms with Crippen LogP contribution in [0.3, 0.4) is 0 Å². The Morgan fingerprint density at radius 2 is 2.27 bits per heavy atom. The van der Waals surface area contributed by atoms with Crippen LogP contribution in [0.15, 0.2) is 11.1 Å². The fourth-order valence-corrected chi connectivity index (χ4v) is 2.05. The van der Waals surface area contributed by atoms with Gasteiger partial charge in [-0.1, -0.05) is 0 Å². The average Bonchev–Trinajstić information content (AvgIpc) is 2.43. The highest BCUT2D eigenvalue weighted by Gasteiger charge is 2.21. The molecule has 0 bridgehead atoms. The van der Waals surface area contributed by atoms with E-state index in [1.807, 2.05) is 0 Å². The Labute approximate surface area is 85.1 Å². The number of halogens is 2. The minimum absolute atomic E-state index is 0.223. The quantitative estimate of drug-likeness (QED) is 0.745. The summed E-state index contributed by atoms with van der Waals surface area (Å²) in [6.07, 6.45) is -1.61. The number of nitrogens with two attached hydrogens (primary N) is 1. The van der Waals surface area contributed by atoms with E-state index < -0.39 is 23.0 Å². The van der Waals surface area contributed by atoms with E-state index in [1.54, 1.807) is 4.72 Å². The van der Waals surface area contributed by atoms with Crippen molar-refractivity contribution in [1.82, 2.24) is 14.5 Å². The lowest BCUT2D eigenvalue weighted by atomic mass is 10.7. The number of rotatable bonds is 4. The number of nitrogens with one attached hydrogen (secondary N) is 1. The number of nitrogens with zero attached hydrogens (tertiary/aromatic N) is 2. The van der Waals surface area contributed by atoms with Crippen LogP contribution in [0.25, 0.3) is 0 Å². The van der Waals surface area contributed by atoms with Gasteiger partial charge in [-0.15, -0.1) is 0 Å². The molecule has 0 aromatic carbocycles. The molecule has 0 aliphatic heterocycles. The zero-order valence-corrected chi connectivity index (χ0v) is 8.63. The van der Waals surface area contributed by atoms with Crippen molar-refractivity contribution in [1.29, 1.82) is 0 Å². The molecule has 0 unspecified atom stereocenters. The molecule has 1 heterocycles. The van der Waals surface area contributed by atoms with E-state index in [2.05, 4.69) is 5.10 Å². The smallest absolute Gasteiger partial charge is 0.251 e. The lowest BCUT2D eigenvalue weighted by molar-refractivity contribution is 0.153. The predicted molar refractivity (Wildman–Crippen MR) is 48.8 cm³/mol. The van der Waals surface area contributed by atoms with E-state index in [4.69, 9.17) is 5.73 Å². The van der Waals surface area contributed by atoms with Gasteiger partial charge in [0.25, 0.3) is 6.43 Å². The number of aromatic nitrogens is 2. The molecule has 0 amide bonds. The van der Waals surface area contributed by atoms with E-state index >= 15 is 0 Å². The maximum Gasteiger partial charge on any atom is 0.251 e. The second-order valence-electron chi connectivity index (χ2n) is 2.80. The molecule has 1 aromatic rings. The average molecular weight is 240 g/mol. The van der Waals surface area contributed by atoms with E-state index in [1.165, 1.54) is 11.7 Å². The number of sulfonamides is 1. The summed E-state index contributed by atoms with van der Waals surface area (Å²) in [5.41, 5.74) is 5.30. The number of aryl methyl sites for hydroxylation is 1. The summed E-state index contributed by atoms with van der Waals surface area (Å²) in [6, 6.07) is 0. The summed E-state index contributed by atoms with van der Waals surface area (Å²) in [6.45, 7) is -0.948. The second-order valence-corrected chi connectivity index (χ2v) is 4.53. The van der Waals surface area contributed by atoms with Crippen LogP contribution in [-0.2, 0) is 17.1 Å². The van der Waals surface area contributed by atoms with Gasteiger partial charge in [-0.25, -0.2) is 21.9 Å². The largest absolute Gasteiger partial charge is 0.381 e. The molecule has 15 heavy (non-hydrogen) atoms. The van der Waals surface area contributed by atoms with Crippen LogP contribution in [0.4, 0.5) is 14.6 Å². The third-order valence-corrected chi connectivity index (χ3v) is 2.98. The Balaban J connectivity index is 2.91. The Morgan fingerprint density at radius 3 is 2.67 bits per heavy atom. The van der Waals surface area contributed by atoms with Crippen LogP contribution in [0.5, 0.6) is 0 Å². The highest BCUT2D eigenvalue weighted by atomic mass is 32.2. The highest BCUT2D eigenvalue weighted by molar-refractivity contribution is 7.89. The third kappa shape index (κ3) is 2.86. The summed E-state index contributed by atoms with van der Waals surface area (Å²) in [5, 5.41) is 3.59. The molecule has 86 valence electrons. The van der Waals surface area contributed by atoms with Crippen molar-refractivity contribution in [3.8, 4) is 0 Å². The van der Waals surface area contributed by atoms with Crippen LogP contribution in [0.1, 0.15) is 0 Å². The Morgan fingerprint density at radius 1 is 1.67 bits per heavy atom. The zero-order valence-electron chi connectivity index (χ0n) is 7.81. The fourth-order valence-electron chi connectivity index (χ4n) is 0.941. The number of hydrogen-bond donors (Lipinski definition) is 2. The summed E-state index contributed by atoms with van der Waals surface area (Å²) in [7, 11) is -2.53. The van der Waals surface area contributed by atoms with Gasteiger partial charge in [0, 0.05) is 13.2 Å². The van der Waals surface area contributed by atoms with Gasteiger partial charge in [-0.05, 0) is 0 Å². The molecule has 6 nitrogen and oxygen atoms in total. The van der Waals surface area contributed by atoms with Crippen molar-refractivity contribution in [2.75, 3.05) is 12.3 Å². The van der Waals surface area contributed by atoms with Crippen LogP contribution in [0.2, 0.25) is 0 Å². The van der Waals surface area contributed by atoms with Gasteiger partial charge in [-0.2, -0.15) is 5.10 Å². The van der Waals surface area contributed by atoms with Gasteiger partial charge in [0.15, 0.2) is 5.82 Å². The Kier molecular flexibility index (Phi) is 3.25. The van der Waals surface area contributed by atoms with Crippen molar-refractivity contribution >= 4 is 15.8 Å². The summed E-state index contributed by atoms with van der Waals surface area (Å²) >= 11 is 0. The van der Waals surface area contributed by atoms with E-state index in [0.717, 1.165) is 6.20 Å². The molecule has 0 fully saturated rings. The standard InChI is InChI=1S/C6H10F2N4O2S/c1-12-3-4(6(9)11-12)15(13,14)10-2-5(7)8/h3,5,10H,2H2,1H3,(H2,9,11). The molecule has 1 rings (SSSR count). The molecule has 0 saturated carbocycles. The molecule has 0 aliphatic rings. The molecule has 0 saturated heterocycles. The first kappa shape index (κ1) is 11.9. The summed E-state index contributed by atoms with van der Waals surface area (Å²) in [5.74, 6) is -0.223. The maximum absolute atomic E-state index is 11.8. The van der Waals surface area contributed by atoms with Crippen LogP contribution < -0.4 is 10.5 Å². The minimum atomic E-state index is -4.00. The number of alkyl halides is 2. The third-order valence-electron chi connectivity index (χ3n) is 1.54. The molecule has 9 heteroatoms. The molecule has 3 N–H and O–H groups in total. The van der Waals surface area contributed by atoms with Crippen molar-refractivity contribution in [3.63, 3.8) is 0 Å². The molecular weight excluding hydrogens is 230 g/mol. The zero-order chi connectivity index (χ0) is 11.6. The monoisotopic (exact) mass is 240 g/mol. The minimum Gasteiger partial charge on any atom is -0.381 e. The van der Waals surface area contributed by atoms with Crippen molar-refractivity contribution in [3.05, 3.63) is 6.20 Å². The van der Waals surface area contributed by atoms with Crippen LogP contribution in [0, 0.1) is 0 Å². The molecule has 0 spiro atoms. The normalized spacial score (nSPS) is 12.3. The van der Waals surface area contributed by atoms with Gasteiger partial charge in [-0.3, -0.25) is 4.68 Å². The van der Waals surface area contributed by atoms with E-state index in [9.17, 15) is 17.2 Å². The molecule has 0 radical (unpaired) electrons. The van der Waals surface area contributed by atoms with E-state index in [0.29, 0.717) is 0 Å². The van der Waals surface area contributed by atoms with Crippen molar-refractivity contribution in [2.45, 2.75) is 11.3 Å². The predicted octanol–water partition coefficient (Wildman–Crippen LogP) is -0.454. The molecule has 1 aromatic heterocycles. The van der Waals surface area contributed by atoms with E-state index in [-0.39, 0.29) is 10.7 Å². The Hall–Kier alpha value is -1.22. The molecule has 0 atom stereocenters. The number of nitrogen functional groups attached to an aromatic ring is 1. The molecule has 0 aliphatic carbocycles. The summed E-state index contributed by atoms with van der Waals surface area (Å²) < 4.78 is 49.3. The van der Waals surface area contributed by atoms with Gasteiger partial charge in [0.1, 0.15) is 4.90 Å². The van der Waals surface area contributed by atoms with Crippen LogP contribution in [-0.4, -0.2) is 31.2 Å². The maximum atomic E-state index is 11.8. The van der Waals surface area contributed by atoms with Crippen molar-refractivity contribution < 1.29 is 17.2 Å². The number of hydrogen-bond acceptors (Lipinski definition) is 4. The number of anilines is 1. The van der Waals surface area contributed by atoms with Crippen molar-refractivity contribution in [2.24, 2.45) is 7.05 Å². The lowest BCUT2D eigenvalue weighted by Crippen LogP contribution is -2.28. The highest BCUT2D eigenvalue weighted by Crippen LogP contribution is 2.14. The van der Waals surface area contributed by atoms with Gasteiger partial charge >= 0.3 is 0 Å². The first-order chi connectivity index (χ1) is 6.83. The second kappa shape index (κ2) is 4.11. The fraction of sp³-hybridized carbons (Fsp3) is 0.500. The van der Waals surface area contributed by atoms with Crippen LogP contribution >= 0.6 is 0 Å².